The maximum Gasteiger partial charge on any atom is 0.372 e. The van der Waals surface area contributed by atoms with Gasteiger partial charge in [0.1, 0.15) is 24.2 Å². The van der Waals surface area contributed by atoms with Gasteiger partial charge in [-0.05, 0) is 12.1 Å². The first kappa shape index (κ1) is 12.7. The van der Waals surface area contributed by atoms with Crippen LogP contribution in [0.4, 0.5) is 0 Å². The van der Waals surface area contributed by atoms with Crippen molar-refractivity contribution in [2.24, 2.45) is 0 Å². The van der Waals surface area contributed by atoms with Crippen LogP contribution in [0.25, 0.3) is 0 Å². The summed E-state index contributed by atoms with van der Waals surface area (Å²) < 4.78 is 10.1. The Hall–Kier alpha value is -2.76. The first-order valence-corrected chi connectivity index (χ1v) is 5.34. The highest BCUT2D eigenvalue weighted by Gasteiger charge is 2.23. The molecule has 98 valence electrons. The summed E-state index contributed by atoms with van der Waals surface area (Å²) in [5.74, 6) is -2.51. The third kappa shape index (κ3) is 2.74. The minimum atomic E-state index is -1.33. The maximum absolute atomic E-state index is 11.0. The quantitative estimate of drug-likeness (QED) is 0.857. The summed E-state index contributed by atoms with van der Waals surface area (Å²) in [6, 6.07) is 8.67. The van der Waals surface area contributed by atoms with Gasteiger partial charge in [-0.15, -0.1) is 0 Å². The van der Waals surface area contributed by atoms with Crippen molar-refractivity contribution in [3.8, 4) is 5.75 Å². The third-order valence-electron chi connectivity index (χ3n) is 2.44. The van der Waals surface area contributed by atoms with Gasteiger partial charge >= 0.3 is 11.9 Å². The molecular weight excluding hydrogens is 252 g/mol. The molecule has 0 saturated heterocycles. The van der Waals surface area contributed by atoms with Crippen LogP contribution in [0.5, 0.6) is 5.75 Å². The number of benzene rings is 1. The molecule has 19 heavy (non-hydrogen) atoms. The molecule has 0 spiro atoms. The van der Waals surface area contributed by atoms with Crippen LogP contribution in [-0.2, 0) is 6.61 Å². The Balaban J connectivity index is 2.25. The molecule has 0 aliphatic heterocycles. The molecular formula is C13H10O6. The number of rotatable bonds is 5. The van der Waals surface area contributed by atoms with Crippen LogP contribution in [0.1, 0.15) is 26.5 Å². The second-order valence-electron chi connectivity index (χ2n) is 3.67. The highest BCUT2D eigenvalue weighted by Crippen LogP contribution is 2.20. The van der Waals surface area contributed by atoms with Crippen molar-refractivity contribution in [2.75, 3.05) is 0 Å². The standard InChI is InChI=1S/C13H10O6/c14-12(15)10-7-19-11(13(16)17)9(10)6-18-8-4-2-1-3-5-8/h1-5,7H,6H2,(H,14,15)(H,16,17). The average Bonchev–Trinajstić information content (AvgIpc) is 2.81. The van der Waals surface area contributed by atoms with Gasteiger partial charge in [-0.3, -0.25) is 0 Å². The lowest BCUT2D eigenvalue weighted by atomic mass is 10.1. The number of aromatic carboxylic acids is 2. The van der Waals surface area contributed by atoms with E-state index >= 15 is 0 Å². The lowest BCUT2D eigenvalue weighted by molar-refractivity contribution is 0.0657. The van der Waals surface area contributed by atoms with Gasteiger partial charge in [0.2, 0.25) is 5.76 Å². The molecule has 0 bridgehead atoms. The zero-order chi connectivity index (χ0) is 13.8. The van der Waals surface area contributed by atoms with Gasteiger partial charge in [0.25, 0.3) is 0 Å². The van der Waals surface area contributed by atoms with Crippen molar-refractivity contribution in [3.63, 3.8) is 0 Å². The van der Waals surface area contributed by atoms with Gasteiger partial charge < -0.3 is 19.4 Å². The van der Waals surface area contributed by atoms with E-state index in [2.05, 4.69) is 0 Å². The second-order valence-corrected chi connectivity index (χ2v) is 3.67. The summed E-state index contributed by atoms with van der Waals surface area (Å²) in [7, 11) is 0. The lowest BCUT2D eigenvalue weighted by Crippen LogP contribution is -2.07. The Bertz CT molecular complexity index is 567. The van der Waals surface area contributed by atoms with Gasteiger partial charge in [0, 0.05) is 0 Å². The number of carboxylic acid groups (broad SMARTS) is 2. The van der Waals surface area contributed by atoms with E-state index in [1.807, 2.05) is 0 Å². The number of para-hydroxylation sites is 1. The minimum absolute atomic E-state index is 0.00357. The molecule has 2 rings (SSSR count). The first-order chi connectivity index (χ1) is 9.09. The number of furan rings is 1. The van der Waals surface area contributed by atoms with Crippen molar-refractivity contribution in [3.05, 3.63) is 53.5 Å². The van der Waals surface area contributed by atoms with Gasteiger partial charge in [0.05, 0.1) is 5.56 Å². The molecule has 0 fully saturated rings. The molecule has 0 amide bonds. The van der Waals surface area contributed by atoms with E-state index in [1.165, 1.54) is 0 Å². The summed E-state index contributed by atoms with van der Waals surface area (Å²) in [6.07, 6.45) is 0.898. The molecule has 0 aliphatic carbocycles. The van der Waals surface area contributed by atoms with E-state index in [4.69, 9.17) is 19.4 Å². The Labute approximate surface area is 107 Å². The molecule has 0 saturated carbocycles. The average molecular weight is 262 g/mol. The molecule has 2 N–H and O–H groups in total. The Morgan fingerprint density at radius 2 is 1.79 bits per heavy atom. The largest absolute Gasteiger partial charge is 0.489 e. The van der Waals surface area contributed by atoms with Crippen LogP contribution in [0.2, 0.25) is 0 Å². The number of carbonyl (C=O) groups is 2. The highest BCUT2D eigenvalue weighted by molar-refractivity contribution is 5.94. The predicted octanol–water partition coefficient (Wildman–Crippen LogP) is 2.26. The number of carboxylic acids is 2. The van der Waals surface area contributed by atoms with Crippen LogP contribution in [0, 0.1) is 0 Å². The zero-order valence-electron chi connectivity index (χ0n) is 9.70. The molecule has 1 aromatic heterocycles. The fourth-order valence-corrected chi connectivity index (χ4v) is 1.56. The molecule has 6 nitrogen and oxygen atoms in total. The number of hydrogen-bond acceptors (Lipinski definition) is 4. The summed E-state index contributed by atoms with van der Waals surface area (Å²) >= 11 is 0. The molecule has 1 heterocycles. The van der Waals surface area contributed by atoms with Crippen LogP contribution in [-0.4, -0.2) is 22.2 Å². The zero-order valence-corrected chi connectivity index (χ0v) is 9.70. The van der Waals surface area contributed by atoms with E-state index in [1.54, 1.807) is 30.3 Å². The van der Waals surface area contributed by atoms with Crippen molar-refractivity contribution in [1.82, 2.24) is 0 Å². The normalized spacial score (nSPS) is 10.1. The van der Waals surface area contributed by atoms with Gasteiger partial charge in [-0.2, -0.15) is 0 Å². The summed E-state index contributed by atoms with van der Waals surface area (Å²) in [6.45, 7) is -0.191. The summed E-state index contributed by atoms with van der Waals surface area (Å²) in [5, 5.41) is 17.9. The van der Waals surface area contributed by atoms with E-state index in [9.17, 15) is 9.59 Å². The van der Waals surface area contributed by atoms with Crippen molar-refractivity contribution < 1.29 is 29.0 Å². The van der Waals surface area contributed by atoms with Crippen molar-refractivity contribution >= 4 is 11.9 Å². The number of ether oxygens (including phenoxy) is 1. The first-order valence-electron chi connectivity index (χ1n) is 5.34. The van der Waals surface area contributed by atoms with Gasteiger partial charge in [-0.25, -0.2) is 9.59 Å². The van der Waals surface area contributed by atoms with Crippen molar-refractivity contribution in [2.45, 2.75) is 6.61 Å². The molecule has 2 aromatic rings. The molecule has 0 radical (unpaired) electrons. The van der Waals surface area contributed by atoms with E-state index in [-0.39, 0.29) is 17.7 Å². The van der Waals surface area contributed by atoms with E-state index in [0.29, 0.717) is 5.75 Å². The summed E-state index contributed by atoms with van der Waals surface area (Å²) in [4.78, 5) is 21.9. The minimum Gasteiger partial charge on any atom is -0.489 e. The Kier molecular flexibility index (Phi) is 3.51. The number of hydrogen-bond donors (Lipinski definition) is 2. The predicted molar refractivity (Wildman–Crippen MR) is 63.4 cm³/mol. The van der Waals surface area contributed by atoms with Gasteiger partial charge in [0.15, 0.2) is 0 Å². The van der Waals surface area contributed by atoms with Crippen LogP contribution >= 0.6 is 0 Å². The van der Waals surface area contributed by atoms with Gasteiger partial charge in [-0.1, -0.05) is 18.2 Å². The second kappa shape index (κ2) is 5.26. The van der Waals surface area contributed by atoms with Crippen LogP contribution < -0.4 is 4.74 Å². The molecule has 1 aromatic carbocycles. The highest BCUT2D eigenvalue weighted by atomic mass is 16.5. The van der Waals surface area contributed by atoms with Crippen molar-refractivity contribution in [1.29, 1.82) is 0 Å². The van der Waals surface area contributed by atoms with Crippen LogP contribution in [0.3, 0.4) is 0 Å². The maximum atomic E-state index is 11.0. The van der Waals surface area contributed by atoms with Crippen LogP contribution in [0.15, 0.2) is 41.0 Å². The SMILES string of the molecule is O=C(O)c1coc(C(=O)O)c1COc1ccccc1. The Morgan fingerprint density at radius 1 is 1.11 bits per heavy atom. The molecule has 0 unspecified atom stereocenters. The molecule has 6 heteroatoms. The topological polar surface area (TPSA) is 97.0 Å². The third-order valence-corrected chi connectivity index (χ3v) is 2.44. The molecule has 0 aliphatic rings. The molecule has 0 atom stereocenters. The van der Waals surface area contributed by atoms with E-state index in [0.717, 1.165) is 6.26 Å². The fourth-order valence-electron chi connectivity index (χ4n) is 1.56. The fraction of sp³-hybridized carbons (Fsp3) is 0.0769. The monoisotopic (exact) mass is 262 g/mol. The summed E-state index contributed by atoms with van der Waals surface area (Å²) in [5.41, 5.74) is -0.211. The lowest BCUT2D eigenvalue weighted by Gasteiger charge is -2.05. The Morgan fingerprint density at radius 3 is 2.37 bits per heavy atom. The van der Waals surface area contributed by atoms with E-state index < -0.39 is 17.7 Å². The smallest absolute Gasteiger partial charge is 0.372 e.